The molecule has 0 unspecified atom stereocenters. The summed E-state index contributed by atoms with van der Waals surface area (Å²) >= 11 is 5.76. The average molecular weight is 290 g/mol. The minimum Gasteiger partial charge on any atom is -0.324 e. The zero-order chi connectivity index (χ0) is 13.7. The van der Waals surface area contributed by atoms with Crippen LogP contribution in [0.2, 0.25) is 5.02 Å². The van der Waals surface area contributed by atoms with Gasteiger partial charge in [0.25, 0.3) is 0 Å². The number of fused-ring (bicyclic) bond motifs is 2. The van der Waals surface area contributed by atoms with Crippen LogP contribution in [0.25, 0.3) is 0 Å². The summed E-state index contributed by atoms with van der Waals surface area (Å²) in [6.45, 7) is 0.827. The lowest BCUT2D eigenvalue weighted by atomic mass is 9.68. The van der Waals surface area contributed by atoms with Gasteiger partial charge in [0.05, 0.1) is 10.7 Å². The van der Waals surface area contributed by atoms with Gasteiger partial charge in [-0.1, -0.05) is 18.0 Å². The highest BCUT2D eigenvalue weighted by atomic mass is 35.5. The average Bonchev–Trinajstić information content (AvgIpc) is 2.77. The largest absolute Gasteiger partial charge is 0.324 e. The zero-order valence-electron chi connectivity index (χ0n) is 10.8. The molecule has 0 atom stereocenters. The Morgan fingerprint density at radius 1 is 1.20 bits per heavy atom. The molecule has 102 valence electrons. The molecule has 2 aliphatic rings. The molecular weight excluding hydrogens is 277 g/mol. The minimum absolute atomic E-state index is 0.111. The van der Waals surface area contributed by atoms with E-state index in [4.69, 9.17) is 11.6 Å². The molecule has 0 saturated heterocycles. The van der Waals surface area contributed by atoms with Crippen molar-refractivity contribution in [2.24, 2.45) is 0 Å². The van der Waals surface area contributed by atoms with Crippen LogP contribution < -0.4 is 4.90 Å². The Bertz CT molecular complexity index is 685. The summed E-state index contributed by atoms with van der Waals surface area (Å²) in [5.74, 6) is 0.457. The van der Waals surface area contributed by atoms with Crippen LogP contribution in [0.5, 0.6) is 0 Å². The van der Waals surface area contributed by atoms with E-state index >= 15 is 0 Å². The normalized spacial score (nSPS) is 19.0. The summed E-state index contributed by atoms with van der Waals surface area (Å²) in [5, 5.41) is 0.144. The molecule has 1 aromatic heterocycles. The van der Waals surface area contributed by atoms with Gasteiger partial charge in [-0.05, 0) is 31.0 Å². The van der Waals surface area contributed by atoms with E-state index in [1.807, 2.05) is 6.07 Å². The molecule has 3 nitrogen and oxygen atoms in total. The first kappa shape index (κ1) is 12.1. The van der Waals surface area contributed by atoms with Crippen molar-refractivity contribution < 1.29 is 4.39 Å². The van der Waals surface area contributed by atoms with Crippen molar-refractivity contribution in [3.05, 3.63) is 47.1 Å². The molecule has 2 aromatic rings. The van der Waals surface area contributed by atoms with Gasteiger partial charge in [0.2, 0.25) is 0 Å². The highest BCUT2D eigenvalue weighted by Gasteiger charge is 2.49. The second kappa shape index (κ2) is 4.16. The fourth-order valence-electron chi connectivity index (χ4n) is 3.22. The first-order chi connectivity index (χ1) is 9.70. The summed E-state index contributed by atoms with van der Waals surface area (Å²) in [4.78, 5) is 11.0. The van der Waals surface area contributed by atoms with E-state index in [1.54, 1.807) is 18.5 Å². The number of nitrogens with zero attached hydrogens (tertiary/aromatic N) is 3. The Hall–Kier alpha value is -1.68. The number of rotatable bonds is 1. The Balaban J connectivity index is 1.82. The Labute approximate surface area is 121 Å². The first-order valence-corrected chi connectivity index (χ1v) is 7.12. The van der Waals surface area contributed by atoms with E-state index in [0.29, 0.717) is 0 Å². The van der Waals surface area contributed by atoms with Crippen molar-refractivity contribution in [1.82, 2.24) is 9.97 Å². The molecule has 5 heteroatoms. The summed E-state index contributed by atoms with van der Waals surface area (Å²) in [6, 6.07) is 4.90. The maximum atomic E-state index is 13.7. The predicted molar refractivity (Wildman–Crippen MR) is 76.0 cm³/mol. The third-order valence-corrected chi connectivity index (χ3v) is 4.73. The van der Waals surface area contributed by atoms with Crippen molar-refractivity contribution in [3.63, 3.8) is 0 Å². The second-order valence-electron chi connectivity index (χ2n) is 5.55. The molecule has 1 aliphatic carbocycles. The molecule has 1 aromatic carbocycles. The van der Waals surface area contributed by atoms with Crippen molar-refractivity contribution >= 4 is 23.1 Å². The van der Waals surface area contributed by atoms with Gasteiger partial charge >= 0.3 is 0 Å². The molecular formula is C15H13ClFN3. The summed E-state index contributed by atoms with van der Waals surface area (Å²) in [5.41, 5.74) is 1.96. The minimum atomic E-state index is -0.399. The van der Waals surface area contributed by atoms with E-state index in [9.17, 15) is 4.39 Å². The van der Waals surface area contributed by atoms with Gasteiger partial charge < -0.3 is 4.90 Å². The Morgan fingerprint density at radius 3 is 2.70 bits per heavy atom. The molecule has 1 spiro atoms. The number of halogens is 2. The van der Waals surface area contributed by atoms with Gasteiger partial charge in [-0.15, -0.1) is 0 Å². The molecule has 0 radical (unpaired) electrons. The Morgan fingerprint density at radius 2 is 2.00 bits per heavy atom. The van der Waals surface area contributed by atoms with Crippen LogP contribution in [0.1, 0.15) is 25.0 Å². The van der Waals surface area contributed by atoms with Crippen LogP contribution in [0, 0.1) is 5.82 Å². The number of hydrogen-bond donors (Lipinski definition) is 0. The molecule has 4 rings (SSSR count). The number of benzene rings is 1. The topological polar surface area (TPSA) is 29.0 Å². The fourth-order valence-corrected chi connectivity index (χ4v) is 3.34. The molecule has 2 heterocycles. The molecule has 1 aliphatic heterocycles. The van der Waals surface area contributed by atoms with Crippen LogP contribution >= 0.6 is 11.6 Å². The van der Waals surface area contributed by atoms with Gasteiger partial charge in [-0.2, -0.15) is 0 Å². The molecule has 20 heavy (non-hydrogen) atoms. The summed E-state index contributed by atoms with van der Waals surface area (Å²) in [6.07, 6.45) is 6.91. The molecule has 0 N–H and O–H groups in total. The second-order valence-corrected chi connectivity index (χ2v) is 5.95. The van der Waals surface area contributed by atoms with E-state index in [1.165, 1.54) is 12.5 Å². The van der Waals surface area contributed by atoms with Crippen LogP contribution in [0.15, 0.2) is 30.6 Å². The van der Waals surface area contributed by atoms with Crippen LogP contribution in [-0.2, 0) is 5.41 Å². The smallest absolute Gasteiger partial charge is 0.155 e. The van der Waals surface area contributed by atoms with Gasteiger partial charge in [0.15, 0.2) is 5.82 Å². The number of hydrogen-bond acceptors (Lipinski definition) is 3. The predicted octanol–water partition coefficient (Wildman–Crippen LogP) is 3.84. The van der Waals surface area contributed by atoms with Gasteiger partial charge in [0, 0.05) is 30.0 Å². The lowest BCUT2D eigenvalue weighted by molar-refractivity contribution is 0.260. The maximum absolute atomic E-state index is 13.7. The van der Waals surface area contributed by atoms with Crippen molar-refractivity contribution in [2.75, 3.05) is 11.4 Å². The molecule has 1 saturated carbocycles. The monoisotopic (exact) mass is 289 g/mol. The van der Waals surface area contributed by atoms with E-state index in [-0.39, 0.29) is 10.4 Å². The van der Waals surface area contributed by atoms with Gasteiger partial charge in [-0.25, -0.2) is 9.37 Å². The summed E-state index contributed by atoms with van der Waals surface area (Å²) < 4.78 is 13.7. The molecule has 0 bridgehead atoms. The lowest BCUT2D eigenvalue weighted by Gasteiger charge is -2.37. The van der Waals surface area contributed by atoms with Crippen LogP contribution in [0.4, 0.5) is 15.9 Å². The number of aromatic nitrogens is 2. The SMILES string of the molecule is Fc1cc(N2CC3(CCC3)c3nccnc32)ccc1Cl. The van der Waals surface area contributed by atoms with Gasteiger partial charge in [0.1, 0.15) is 5.82 Å². The summed E-state index contributed by atoms with van der Waals surface area (Å²) in [7, 11) is 0. The third-order valence-electron chi connectivity index (χ3n) is 4.42. The van der Waals surface area contributed by atoms with Crippen molar-refractivity contribution in [2.45, 2.75) is 24.7 Å². The Kier molecular flexibility index (Phi) is 2.51. The zero-order valence-corrected chi connectivity index (χ0v) is 11.6. The fraction of sp³-hybridized carbons (Fsp3) is 0.333. The highest BCUT2D eigenvalue weighted by molar-refractivity contribution is 6.30. The quantitative estimate of drug-likeness (QED) is 0.798. The van der Waals surface area contributed by atoms with Crippen molar-refractivity contribution in [3.8, 4) is 0 Å². The standard InChI is InChI=1S/C15H13ClFN3/c16-11-3-2-10(8-12(11)17)20-9-15(4-1-5-15)13-14(20)19-7-6-18-13/h2-3,6-8H,1,4-5,9H2. The van der Waals surface area contributed by atoms with E-state index < -0.39 is 5.82 Å². The van der Waals surface area contributed by atoms with E-state index in [0.717, 1.165) is 36.6 Å². The third kappa shape index (κ3) is 1.57. The highest BCUT2D eigenvalue weighted by Crippen LogP contribution is 2.52. The number of anilines is 2. The van der Waals surface area contributed by atoms with Crippen molar-refractivity contribution in [1.29, 1.82) is 0 Å². The first-order valence-electron chi connectivity index (χ1n) is 6.74. The lowest BCUT2D eigenvalue weighted by Crippen LogP contribution is -2.38. The van der Waals surface area contributed by atoms with Crippen LogP contribution in [0.3, 0.4) is 0 Å². The van der Waals surface area contributed by atoms with E-state index in [2.05, 4.69) is 14.9 Å². The molecule has 1 fully saturated rings. The maximum Gasteiger partial charge on any atom is 0.155 e. The van der Waals surface area contributed by atoms with Gasteiger partial charge in [-0.3, -0.25) is 4.98 Å². The van der Waals surface area contributed by atoms with Crippen LogP contribution in [-0.4, -0.2) is 16.5 Å². The molecule has 0 amide bonds.